The summed E-state index contributed by atoms with van der Waals surface area (Å²) in [4.78, 5) is 16.3. The molecule has 2 aromatic heterocycles. The Balaban J connectivity index is 1.96. The van der Waals surface area contributed by atoms with Crippen molar-refractivity contribution in [3.8, 4) is 10.6 Å². The van der Waals surface area contributed by atoms with Crippen LogP contribution in [0.1, 0.15) is 30.3 Å². The zero-order valence-electron chi connectivity index (χ0n) is 10.6. The van der Waals surface area contributed by atoms with Gasteiger partial charge in [0, 0.05) is 29.0 Å². The molecule has 0 aliphatic carbocycles. The van der Waals surface area contributed by atoms with E-state index in [1.165, 1.54) is 11.3 Å². The average molecular weight is 296 g/mol. The van der Waals surface area contributed by atoms with E-state index in [0.717, 1.165) is 17.0 Å². The molecule has 0 radical (unpaired) electrons. The first-order valence-electron chi connectivity index (χ1n) is 6.10. The number of hydrogen-bond acceptors (Lipinski definition) is 5. The smallest absolute Gasteiger partial charge is 0.270 e. The maximum Gasteiger partial charge on any atom is 0.270 e. The van der Waals surface area contributed by atoms with Gasteiger partial charge in [-0.15, -0.1) is 11.3 Å². The second kappa shape index (κ2) is 6.79. The summed E-state index contributed by atoms with van der Waals surface area (Å²) >= 11 is 3.09. The van der Waals surface area contributed by atoms with Gasteiger partial charge in [0.2, 0.25) is 0 Å². The number of aliphatic hydroxyl groups excluding tert-OH is 1. The van der Waals surface area contributed by atoms with E-state index in [1.54, 1.807) is 16.7 Å². The van der Waals surface area contributed by atoms with Crippen LogP contribution in [0.15, 0.2) is 22.2 Å². The van der Waals surface area contributed by atoms with Crippen molar-refractivity contribution in [1.82, 2.24) is 10.3 Å². The highest BCUT2D eigenvalue weighted by atomic mass is 32.1. The molecule has 0 aromatic carbocycles. The first-order chi connectivity index (χ1) is 9.20. The lowest BCUT2D eigenvalue weighted by molar-refractivity contribution is 0.0932. The molecule has 4 nitrogen and oxygen atoms in total. The predicted molar refractivity (Wildman–Crippen MR) is 78.7 cm³/mol. The van der Waals surface area contributed by atoms with Gasteiger partial charge in [0.25, 0.3) is 5.91 Å². The lowest BCUT2D eigenvalue weighted by Gasteiger charge is -2.11. The van der Waals surface area contributed by atoms with Crippen molar-refractivity contribution in [3.05, 3.63) is 27.9 Å². The van der Waals surface area contributed by atoms with E-state index in [9.17, 15) is 4.79 Å². The van der Waals surface area contributed by atoms with Crippen molar-refractivity contribution in [2.24, 2.45) is 0 Å². The maximum atomic E-state index is 12.0. The summed E-state index contributed by atoms with van der Waals surface area (Å²) in [5, 5.41) is 18.3. The summed E-state index contributed by atoms with van der Waals surface area (Å²) in [6.07, 6.45) is 1.46. The van der Waals surface area contributed by atoms with Crippen LogP contribution in [0.4, 0.5) is 0 Å². The molecule has 102 valence electrons. The molecular weight excluding hydrogens is 280 g/mol. The van der Waals surface area contributed by atoms with E-state index in [1.807, 2.05) is 23.8 Å². The molecule has 2 N–H and O–H groups in total. The molecule has 6 heteroatoms. The van der Waals surface area contributed by atoms with Crippen LogP contribution in [-0.4, -0.2) is 28.6 Å². The summed E-state index contributed by atoms with van der Waals surface area (Å²) in [7, 11) is 0. The van der Waals surface area contributed by atoms with Gasteiger partial charge in [-0.2, -0.15) is 11.3 Å². The van der Waals surface area contributed by atoms with Crippen LogP contribution in [0.3, 0.4) is 0 Å². The highest BCUT2D eigenvalue weighted by molar-refractivity contribution is 7.14. The molecule has 0 spiro atoms. The van der Waals surface area contributed by atoms with Gasteiger partial charge in [0.15, 0.2) is 0 Å². The molecule has 1 atom stereocenters. The minimum Gasteiger partial charge on any atom is -0.396 e. The minimum atomic E-state index is -0.150. The summed E-state index contributed by atoms with van der Waals surface area (Å²) in [6.45, 7) is 2.08. The monoisotopic (exact) mass is 296 g/mol. The van der Waals surface area contributed by atoms with E-state index in [-0.39, 0.29) is 18.6 Å². The molecular formula is C13H16N2O2S2. The fraction of sp³-hybridized carbons (Fsp3) is 0.385. The highest BCUT2D eigenvalue weighted by Gasteiger charge is 2.14. The normalized spacial score (nSPS) is 12.3. The van der Waals surface area contributed by atoms with Gasteiger partial charge in [-0.25, -0.2) is 4.98 Å². The van der Waals surface area contributed by atoms with Gasteiger partial charge >= 0.3 is 0 Å². The molecule has 1 unspecified atom stereocenters. The number of carbonyl (C=O) groups is 1. The van der Waals surface area contributed by atoms with Crippen molar-refractivity contribution >= 4 is 28.6 Å². The first-order valence-corrected chi connectivity index (χ1v) is 7.92. The third kappa shape index (κ3) is 3.86. The molecule has 2 aromatic rings. The number of aromatic nitrogens is 1. The van der Waals surface area contributed by atoms with E-state index < -0.39 is 0 Å². The molecule has 19 heavy (non-hydrogen) atoms. The second-order valence-corrected chi connectivity index (χ2v) is 5.93. The summed E-state index contributed by atoms with van der Waals surface area (Å²) < 4.78 is 0. The molecule has 0 saturated heterocycles. The van der Waals surface area contributed by atoms with E-state index in [0.29, 0.717) is 12.1 Å². The van der Waals surface area contributed by atoms with Gasteiger partial charge in [-0.1, -0.05) is 0 Å². The molecule has 0 aliphatic rings. The van der Waals surface area contributed by atoms with Gasteiger partial charge in [0.1, 0.15) is 10.7 Å². The van der Waals surface area contributed by atoms with E-state index in [2.05, 4.69) is 10.3 Å². The number of thiophene rings is 1. The number of carbonyl (C=O) groups excluding carboxylic acids is 1. The van der Waals surface area contributed by atoms with Crippen molar-refractivity contribution in [1.29, 1.82) is 0 Å². The Bertz CT molecular complexity index is 522. The maximum absolute atomic E-state index is 12.0. The van der Waals surface area contributed by atoms with Crippen LogP contribution < -0.4 is 5.32 Å². The van der Waals surface area contributed by atoms with Crippen LogP contribution in [0.5, 0.6) is 0 Å². The number of nitrogens with one attached hydrogen (secondary N) is 1. The van der Waals surface area contributed by atoms with Crippen LogP contribution in [0, 0.1) is 0 Å². The lowest BCUT2D eigenvalue weighted by atomic mass is 10.2. The molecule has 2 rings (SSSR count). The predicted octanol–water partition coefficient (Wildman–Crippen LogP) is 2.76. The molecule has 0 bridgehead atoms. The molecule has 2 heterocycles. The fourth-order valence-electron chi connectivity index (χ4n) is 1.66. The number of nitrogens with zero attached hydrogens (tertiary/aromatic N) is 1. The minimum absolute atomic E-state index is 0.0472. The summed E-state index contributed by atoms with van der Waals surface area (Å²) in [5.41, 5.74) is 1.52. The Hall–Kier alpha value is -1.24. The quantitative estimate of drug-likeness (QED) is 0.861. The zero-order valence-corrected chi connectivity index (χ0v) is 12.3. The third-order valence-electron chi connectivity index (χ3n) is 2.68. The lowest BCUT2D eigenvalue weighted by Crippen LogP contribution is -2.32. The van der Waals surface area contributed by atoms with Crippen molar-refractivity contribution in [2.75, 3.05) is 6.61 Å². The Morgan fingerprint density at radius 1 is 1.53 bits per heavy atom. The average Bonchev–Trinajstić information content (AvgIpc) is 3.05. The topological polar surface area (TPSA) is 62.2 Å². The van der Waals surface area contributed by atoms with Crippen LogP contribution in [0.25, 0.3) is 10.6 Å². The van der Waals surface area contributed by atoms with E-state index in [4.69, 9.17) is 5.11 Å². The Kier molecular flexibility index (Phi) is 5.07. The van der Waals surface area contributed by atoms with Crippen molar-refractivity contribution in [2.45, 2.75) is 25.8 Å². The number of amides is 1. The van der Waals surface area contributed by atoms with Crippen molar-refractivity contribution in [3.63, 3.8) is 0 Å². The third-order valence-corrected chi connectivity index (χ3v) is 4.25. The van der Waals surface area contributed by atoms with Gasteiger partial charge < -0.3 is 10.4 Å². The number of hydrogen-bond donors (Lipinski definition) is 2. The standard InChI is InChI=1S/C13H16N2O2S2/c1-9(3-2-5-16)14-12(17)11-8-19-13(15-11)10-4-6-18-7-10/h4,6-9,16H,2-3,5H2,1H3,(H,14,17). The largest absolute Gasteiger partial charge is 0.396 e. The summed E-state index contributed by atoms with van der Waals surface area (Å²) in [6, 6.07) is 2.04. The molecule has 1 amide bonds. The van der Waals surface area contributed by atoms with Crippen LogP contribution >= 0.6 is 22.7 Å². The van der Waals surface area contributed by atoms with Gasteiger partial charge in [0.05, 0.1) is 0 Å². The van der Waals surface area contributed by atoms with Gasteiger partial charge in [-0.05, 0) is 31.2 Å². The zero-order chi connectivity index (χ0) is 13.7. The Morgan fingerprint density at radius 3 is 3.05 bits per heavy atom. The van der Waals surface area contributed by atoms with Crippen molar-refractivity contribution < 1.29 is 9.90 Å². The number of aliphatic hydroxyl groups is 1. The molecule has 0 aliphatic heterocycles. The fourth-order valence-corrected chi connectivity index (χ4v) is 3.18. The van der Waals surface area contributed by atoms with Gasteiger partial charge in [-0.3, -0.25) is 4.79 Å². The summed E-state index contributed by atoms with van der Waals surface area (Å²) in [5.74, 6) is -0.150. The first kappa shape index (κ1) is 14.2. The molecule has 0 fully saturated rings. The van der Waals surface area contributed by atoms with E-state index >= 15 is 0 Å². The Labute approximate surface area is 120 Å². The number of rotatable bonds is 6. The second-order valence-electron chi connectivity index (χ2n) is 4.29. The molecule has 0 saturated carbocycles. The highest BCUT2D eigenvalue weighted by Crippen LogP contribution is 2.25. The SMILES string of the molecule is CC(CCCO)NC(=O)c1csc(-c2ccsc2)n1. The van der Waals surface area contributed by atoms with Crippen LogP contribution in [0.2, 0.25) is 0 Å². The Morgan fingerprint density at radius 2 is 2.37 bits per heavy atom. The van der Waals surface area contributed by atoms with Crippen LogP contribution in [-0.2, 0) is 0 Å². The number of thiazole rings is 1.